The summed E-state index contributed by atoms with van der Waals surface area (Å²) in [4.78, 5) is 2.59. The van der Waals surface area contributed by atoms with Gasteiger partial charge < -0.3 is 0 Å². The van der Waals surface area contributed by atoms with Crippen LogP contribution in [-0.2, 0) is 0 Å². The second kappa shape index (κ2) is 8.89. The van der Waals surface area contributed by atoms with Crippen molar-refractivity contribution in [1.82, 2.24) is 10.3 Å². The molecule has 0 aromatic carbocycles. The van der Waals surface area contributed by atoms with Crippen LogP contribution in [0.4, 0.5) is 0 Å². The van der Waals surface area contributed by atoms with Crippen molar-refractivity contribution in [2.45, 2.75) is 78.8 Å². The fraction of sp³-hybridized carbons (Fsp3) is 1.00. The summed E-state index contributed by atoms with van der Waals surface area (Å²) in [5.41, 5.74) is 3.34. The highest BCUT2D eigenvalue weighted by Crippen LogP contribution is 2.33. The van der Waals surface area contributed by atoms with Gasteiger partial charge in [0.25, 0.3) is 0 Å². The van der Waals surface area contributed by atoms with Crippen molar-refractivity contribution in [3.05, 3.63) is 0 Å². The van der Waals surface area contributed by atoms with Gasteiger partial charge in [0.2, 0.25) is 0 Å². The highest BCUT2D eigenvalue weighted by molar-refractivity contribution is 5.00. The average molecular weight is 257 g/mol. The molecule has 0 saturated heterocycles. The van der Waals surface area contributed by atoms with E-state index < -0.39 is 0 Å². The zero-order chi connectivity index (χ0) is 14.2. The summed E-state index contributed by atoms with van der Waals surface area (Å²) in [7, 11) is 0. The van der Waals surface area contributed by atoms with Crippen LogP contribution >= 0.6 is 0 Å². The van der Waals surface area contributed by atoms with Crippen LogP contribution in [0.2, 0.25) is 0 Å². The van der Waals surface area contributed by atoms with Crippen molar-refractivity contribution in [2.24, 2.45) is 11.8 Å². The average Bonchev–Trinajstić information content (AvgIpc) is 2.42. The molecule has 0 rings (SSSR count). The van der Waals surface area contributed by atoms with Crippen molar-refractivity contribution in [1.29, 1.82) is 0 Å². The lowest BCUT2D eigenvalue weighted by Gasteiger charge is -2.50. The first-order chi connectivity index (χ1) is 8.61. The van der Waals surface area contributed by atoms with Gasteiger partial charge in [-0.25, -0.2) is 0 Å². The predicted octanol–water partition coefficient (Wildman–Crippen LogP) is 3.16. The van der Waals surface area contributed by atoms with Crippen molar-refractivity contribution in [3.63, 3.8) is 0 Å². The molecule has 3 heteroatoms. The van der Waals surface area contributed by atoms with Crippen LogP contribution in [0.5, 0.6) is 0 Å². The number of rotatable bonds is 10. The quantitative estimate of drug-likeness (QED) is 0.466. The van der Waals surface area contributed by atoms with Gasteiger partial charge in [-0.3, -0.25) is 16.2 Å². The maximum atomic E-state index is 5.93. The fourth-order valence-corrected chi connectivity index (χ4v) is 3.68. The normalized spacial score (nSPS) is 14.5. The SMILES string of the molecule is CCC(CC)C(NN)C(CC)(CC)N(CC)CC. The van der Waals surface area contributed by atoms with E-state index in [1.165, 1.54) is 12.8 Å². The summed E-state index contributed by atoms with van der Waals surface area (Å²) in [6.45, 7) is 15.8. The van der Waals surface area contributed by atoms with Gasteiger partial charge in [0.05, 0.1) is 0 Å². The van der Waals surface area contributed by atoms with E-state index in [4.69, 9.17) is 5.84 Å². The number of nitrogens with one attached hydrogen (secondary N) is 1. The molecular weight excluding hydrogens is 222 g/mol. The molecule has 1 atom stereocenters. The minimum atomic E-state index is 0.189. The largest absolute Gasteiger partial charge is 0.297 e. The van der Waals surface area contributed by atoms with E-state index in [-0.39, 0.29) is 5.54 Å². The molecule has 0 fully saturated rings. The van der Waals surface area contributed by atoms with Crippen molar-refractivity contribution >= 4 is 0 Å². The second-order valence-electron chi connectivity index (χ2n) is 5.20. The van der Waals surface area contributed by atoms with E-state index in [1.54, 1.807) is 0 Å². The minimum absolute atomic E-state index is 0.189. The van der Waals surface area contributed by atoms with Gasteiger partial charge in [0.15, 0.2) is 0 Å². The monoisotopic (exact) mass is 257 g/mol. The molecular formula is C15H35N3. The highest BCUT2D eigenvalue weighted by Gasteiger charge is 2.42. The van der Waals surface area contributed by atoms with Crippen LogP contribution in [0.3, 0.4) is 0 Å². The van der Waals surface area contributed by atoms with Gasteiger partial charge in [0.1, 0.15) is 0 Å². The van der Waals surface area contributed by atoms with Crippen LogP contribution in [-0.4, -0.2) is 29.6 Å². The first-order valence-electron chi connectivity index (χ1n) is 7.82. The summed E-state index contributed by atoms with van der Waals surface area (Å²) in [5, 5.41) is 0. The number of nitrogens with two attached hydrogens (primary N) is 1. The van der Waals surface area contributed by atoms with Crippen LogP contribution in [0.25, 0.3) is 0 Å². The number of hydrazine groups is 1. The Labute approximate surface area is 114 Å². The molecule has 0 saturated carbocycles. The maximum Gasteiger partial charge on any atom is 0.0422 e. The molecule has 0 heterocycles. The first kappa shape index (κ1) is 17.9. The summed E-state index contributed by atoms with van der Waals surface area (Å²) in [6, 6.07) is 0.377. The van der Waals surface area contributed by atoms with Crippen LogP contribution in [0.15, 0.2) is 0 Å². The second-order valence-corrected chi connectivity index (χ2v) is 5.20. The van der Waals surface area contributed by atoms with Gasteiger partial charge in [-0.15, -0.1) is 0 Å². The molecule has 3 nitrogen and oxygen atoms in total. The van der Waals surface area contributed by atoms with E-state index in [0.717, 1.165) is 25.9 Å². The Balaban J connectivity index is 5.37. The zero-order valence-electron chi connectivity index (χ0n) is 13.4. The van der Waals surface area contributed by atoms with Gasteiger partial charge in [-0.05, 0) is 31.8 Å². The summed E-state index contributed by atoms with van der Waals surface area (Å²) < 4.78 is 0. The predicted molar refractivity (Wildman–Crippen MR) is 81.4 cm³/mol. The van der Waals surface area contributed by atoms with Crippen molar-refractivity contribution in [3.8, 4) is 0 Å². The topological polar surface area (TPSA) is 41.3 Å². The Morgan fingerprint density at radius 1 is 0.944 bits per heavy atom. The third-order valence-electron chi connectivity index (χ3n) is 4.90. The molecule has 0 aromatic heterocycles. The number of hydrogen-bond acceptors (Lipinski definition) is 3. The molecule has 1 unspecified atom stereocenters. The Bertz CT molecular complexity index is 194. The standard InChI is InChI=1S/C15H35N3/c1-7-13(8-2)14(17-16)15(9-3,10-4)18(11-5)12-6/h13-14,17H,7-12,16H2,1-6H3. The van der Waals surface area contributed by atoms with Crippen LogP contribution < -0.4 is 11.3 Å². The lowest BCUT2D eigenvalue weighted by Crippen LogP contribution is -2.64. The Hall–Kier alpha value is -0.120. The molecule has 0 bridgehead atoms. The summed E-state index contributed by atoms with van der Waals surface area (Å²) >= 11 is 0. The van der Waals surface area contributed by atoms with Gasteiger partial charge in [0, 0.05) is 11.6 Å². The molecule has 0 aliphatic carbocycles. The Morgan fingerprint density at radius 2 is 1.39 bits per heavy atom. The Kier molecular flexibility index (Phi) is 8.83. The van der Waals surface area contributed by atoms with E-state index in [2.05, 4.69) is 51.9 Å². The third-order valence-corrected chi connectivity index (χ3v) is 4.90. The van der Waals surface area contributed by atoms with E-state index in [9.17, 15) is 0 Å². The molecule has 0 amide bonds. The molecule has 0 aliphatic heterocycles. The molecule has 110 valence electrons. The van der Waals surface area contributed by atoms with Gasteiger partial charge in [-0.2, -0.15) is 0 Å². The lowest BCUT2D eigenvalue weighted by atomic mass is 9.74. The smallest absolute Gasteiger partial charge is 0.0422 e. The number of nitrogens with zero attached hydrogens (tertiary/aromatic N) is 1. The fourth-order valence-electron chi connectivity index (χ4n) is 3.68. The maximum absolute atomic E-state index is 5.93. The van der Waals surface area contributed by atoms with Gasteiger partial charge in [-0.1, -0.05) is 54.4 Å². The van der Waals surface area contributed by atoms with E-state index >= 15 is 0 Å². The molecule has 0 radical (unpaired) electrons. The highest BCUT2D eigenvalue weighted by atomic mass is 15.3. The number of hydrogen-bond donors (Lipinski definition) is 2. The summed E-state index contributed by atoms with van der Waals surface area (Å²) in [5.74, 6) is 6.58. The lowest BCUT2D eigenvalue weighted by molar-refractivity contribution is 0.0244. The van der Waals surface area contributed by atoms with Crippen molar-refractivity contribution in [2.75, 3.05) is 13.1 Å². The zero-order valence-corrected chi connectivity index (χ0v) is 13.4. The number of likely N-dealkylation sites (N-methyl/N-ethyl adjacent to an activating group) is 1. The molecule has 0 aromatic rings. The summed E-state index contributed by atoms with van der Waals surface area (Å²) in [6.07, 6.45) is 4.68. The minimum Gasteiger partial charge on any atom is -0.297 e. The van der Waals surface area contributed by atoms with E-state index in [0.29, 0.717) is 12.0 Å². The third kappa shape index (κ3) is 3.46. The van der Waals surface area contributed by atoms with Crippen LogP contribution in [0.1, 0.15) is 67.2 Å². The Morgan fingerprint density at radius 3 is 1.61 bits per heavy atom. The molecule has 3 N–H and O–H groups in total. The first-order valence-corrected chi connectivity index (χ1v) is 7.82. The molecule has 18 heavy (non-hydrogen) atoms. The molecule has 0 spiro atoms. The van der Waals surface area contributed by atoms with Crippen molar-refractivity contribution < 1.29 is 0 Å². The molecule has 0 aliphatic rings. The van der Waals surface area contributed by atoms with Crippen LogP contribution in [0, 0.1) is 5.92 Å². The van der Waals surface area contributed by atoms with Gasteiger partial charge >= 0.3 is 0 Å². The van der Waals surface area contributed by atoms with E-state index in [1.807, 2.05) is 0 Å².